The van der Waals surface area contributed by atoms with Crippen LogP contribution in [0.3, 0.4) is 0 Å². The van der Waals surface area contributed by atoms with Gasteiger partial charge in [0.2, 0.25) is 6.17 Å². The number of fused-ring (bicyclic) bond motifs is 2. The molecule has 0 aliphatic heterocycles. The number of hydrogen-bond acceptors (Lipinski definition) is 0. The zero-order chi connectivity index (χ0) is 17.5. The summed E-state index contributed by atoms with van der Waals surface area (Å²) in [7, 11) is 0. The zero-order valence-electron chi connectivity index (χ0n) is 10.1. The lowest BCUT2D eigenvalue weighted by molar-refractivity contribution is -0.444. The highest BCUT2D eigenvalue weighted by Crippen LogP contribution is 2.71. The molecule has 0 aromatic carbocycles. The summed E-state index contributed by atoms with van der Waals surface area (Å²) in [6.45, 7) is -2.81. The number of hydrogen-bond donors (Lipinski definition) is 0. The number of halogens is 12. The molecule has 0 radical (unpaired) electrons. The first-order valence-corrected chi connectivity index (χ1v) is 5.67. The Labute approximate surface area is 114 Å². The van der Waals surface area contributed by atoms with Crippen LogP contribution in [0, 0.1) is 17.8 Å². The van der Waals surface area contributed by atoms with Gasteiger partial charge < -0.3 is 0 Å². The maximum absolute atomic E-state index is 13.6. The van der Waals surface area contributed by atoms with Crippen LogP contribution in [0.1, 0.15) is 0 Å². The van der Waals surface area contributed by atoms with Gasteiger partial charge in [0, 0.05) is 0 Å². The summed E-state index contributed by atoms with van der Waals surface area (Å²) in [5.41, 5.74) is 0. The average molecular weight is 354 g/mol. The Hall–Kier alpha value is -0.840. The largest absolute Gasteiger partial charge is 0.299 e. The summed E-state index contributed by atoms with van der Waals surface area (Å²) < 4.78 is 160. The van der Waals surface area contributed by atoms with E-state index in [4.69, 9.17) is 0 Å². The van der Waals surface area contributed by atoms with Crippen molar-refractivity contribution in [2.24, 2.45) is 17.8 Å². The normalized spacial score (nSPS) is 43.6. The summed E-state index contributed by atoms with van der Waals surface area (Å²) in [5.74, 6) is -43.4. The molecule has 0 nitrogen and oxygen atoms in total. The topological polar surface area (TPSA) is 0 Å². The van der Waals surface area contributed by atoms with E-state index in [2.05, 4.69) is 0 Å². The molecule has 0 aromatic rings. The summed E-state index contributed by atoms with van der Waals surface area (Å²) in [5, 5.41) is 0. The van der Waals surface area contributed by atoms with Crippen molar-refractivity contribution in [1.29, 1.82) is 0 Å². The van der Waals surface area contributed by atoms with E-state index in [1.165, 1.54) is 0 Å². The smallest absolute Gasteiger partial charge is 0.250 e. The van der Waals surface area contributed by atoms with Crippen LogP contribution in [0.25, 0.3) is 0 Å². The van der Waals surface area contributed by atoms with Crippen molar-refractivity contribution in [1.82, 2.24) is 0 Å². The minimum absolute atomic E-state index is 2.81. The van der Waals surface area contributed by atoms with E-state index in [0.29, 0.717) is 0 Å². The van der Waals surface area contributed by atoms with Crippen LogP contribution in [0.5, 0.6) is 0 Å². The first-order valence-electron chi connectivity index (χ1n) is 5.67. The Morgan fingerprint density at radius 1 is 0.545 bits per heavy atom. The molecule has 2 aliphatic carbocycles. The molecule has 2 atom stereocenters. The van der Waals surface area contributed by atoms with E-state index in [1.807, 2.05) is 0 Å². The van der Waals surface area contributed by atoms with Gasteiger partial charge in [0.15, 0.2) is 11.8 Å². The molecular weight excluding hydrogens is 348 g/mol. The van der Waals surface area contributed by atoms with Gasteiger partial charge in [-0.25, -0.2) is 48.3 Å². The predicted molar refractivity (Wildman–Crippen MR) is 46.1 cm³/mol. The summed E-state index contributed by atoms with van der Waals surface area (Å²) in [4.78, 5) is 0. The van der Waals surface area contributed by atoms with Crippen LogP contribution >= 0.6 is 0 Å². The third kappa shape index (κ3) is 1.69. The molecule has 2 aliphatic rings. The molecule has 22 heavy (non-hydrogen) atoms. The molecule has 0 heterocycles. The Kier molecular flexibility index (Phi) is 3.31. The monoisotopic (exact) mass is 354 g/mol. The fourth-order valence-corrected chi connectivity index (χ4v) is 3.12. The third-order valence-electron chi connectivity index (χ3n) is 4.07. The van der Waals surface area contributed by atoms with Crippen molar-refractivity contribution in [3.63, 3.8) is 0 Å². The standard InChI is InChI=1S/C10H6F12/c11-1-2-6(13,14)3-8(17,18)4(7(2,15)16)10(21,22)5(12)9(3,19)20/h2-5H,1H2. The van der Waals surface area contributed by atoms with Crippen molar-refractivity contribution < 1.29 is 52.7 Å². The van der Waals surface area contributed by atoms with Crippen LogP contribution in [0.2, 0.25) is 0 Å². The molecule has 2 unspecified atom stereocenters. The Balaban J connectivity index is 2.81. The van der Waals surface area contributed by atoms with Crippen LogP contribution in [0.15, 0.2) is 0 Å². The van der Waals surface area contributed by atoms with Crippen LogP contribution < -0.4 is 0 Å². The number of rotatable bonds is 1. The zero-order valence-corrected chi connectivity index (χ0v) is 10.1. The molecule has 0 spiro atoms. The highest BCUT2D eigenvalue weighted by Gasteiger charge is 2.92. The SMILES string of the molecule is FCC1C(F)(F)C2C(F)(F)C(F)C(F)(F)C(C1(F)F)C2(F)F. The molecule has 2 rings (SSSR count). The molecule has 130 valence electrons. The minimum Gasteiger partial charge on any atom is -0.250 e. The van der Waals surface area contributed by atoms with Crippen molar-refractivity contribution in [2.45, 2.75) is 35.8 Å². The summed E-state index contributed by atoms with van der Waals surface area (Å²) >= 11 is 0. The first kappa shape index (κ1) is 17.5. The van der Waals surface area contributed by atoms with Crippen molar-refractivity contribution in [3.8, 4) is 0 Å². The molecule has 0 N–H and O–H groups in total. The maximum atomic E-state index is 13.6. The summed E-state index contributed by atoms with van der Waals surface area (Å²) in [6, 6.07) is 0. The van der Waals surface area contributed by atoms with Gasteiger partial charge in [-0.3, -0.25) is 4.39 Å². The van der Waals surface area contributed by atoms with Gasteiger partial charge >= 0.3 is 0 Å². The fourth-order valence-electron chi connectivity index (χ4n) is 3.12. The van der Waals surface area contributed by atoms with Gasteiger partial charge in [-0.05, 0) is 0 Å². The van der Waals surface area contributed by atoms with Crippen molar-refractivity contribution >= 4 is 0 Å². The summed E-state index contributed by atoms with van der Waals surface area (Å²) in [6.07, 6.45) is -4.98. The highest BCUT2D eigenvalue weighted by atomic mass is 19.3. The maximum Gasteiger partial charge on any atom is 0.299 e. The van der Waals surface area contributed by atoms with E-state index in [-0.39, 0.29) is 0 Å². The molecule has 0 amide bonds. The van der Waals surface area contributed by atoms with Gasteiger partial charge in [0.25, 0.3) is 29.6 Å². The quantitative estimate of drug-likeness (QED) is 0.615. The predicted octanol–water partition coefficient (Wildman–Crippen LogP) is 4.35. The van der Waals surface area contributed by atoms with Crippen LogP contribution in [-0.4, -0.2) is 42.5 Å². The lowest BCUT2D eigenvalue weighted by Gasteiger charge is -2.57. The van der Waals surface area contributed by atoms with Crippen molar-refractivity contribution in [3.05, 3.63) is 0 Å². The van der Waals surface area contributed by atoms with E-state index < -0.39 is 60.2 Å². The van der Waals surface area contributed by atoms with Gasteiger partial charge in [0.05, 0.1) is 0 Å². The van der Waals surface area contributed by atoms with Crippen LogP contribution in [0.4, 0.5) is 52.7 Å². The second-order valence-electron chi connectivity index (χ2n) is 5.31. The van der Waals surface area contributed by atoms with Gasteiger partial charge in [-0.15, -0.1) is 0 Å². The minimum atomic E-state index is -6.03. The molecule has 2 fully saturated rings. The van der Waals surface area contributed by atoms with Crippen LogP contribution in [-0.2, 0) is 0 Å². The molecule has 2 bridgehead atoms. The van der Waals surface area contributed by atoms with E-state index in [1.54, 1.807) is 0 Å². The second-order valence-corrected chi connectivity index (χ2v) is 5.31. The molecular formula is C10H6F12. The first-order chi connectivity index (χ1) is 9.58. The molecule has 0 aromatic heterocycles. The number of alkyl halides is 12. The van der Waals surface area contributed by atoms with E-state index >= 15 is 0 Å². The Morgan fingerprint density at radius 3 is 1.14 bits per heavy atom. The Morgan fingerprint density at radius 2 is 0.864 bits per heavy atom. The van der Waals surface area contributed by atoms with E-state index in [9.17, 15) is 52.7 Å². The lowest BCUT2D eigenvalue weighted by atomic mass is 9.57. The van der Waals surface area contributed by atoms with Gasteiger partial charge in [0.1, 0.15) is 12.6 Å². The molecule has 2 saturated carbocycles. The third-order valence-corrected chi connectivity index (χ3v) is 4.07. The molecule has 0 saturated heterocycles. The van der Waals surface area contributed by atoms with Gasteiger partial charge in [-0.2, -0.15) is 0 Å². The lowest BCUT2D eigenvalue weighted by Crippen LogP contribution is -2.80. The molecule has 12 heteroatoms. The van der Waals surface area contributed by atoms with Gasteiger partial charge in [-0.1, -0.05) is 0 Å². The fraction of sp³-hybridized carbons (Fsp3) is 1.00. The highest BCUT2D eigenvalue weighted by molar-refractivity contribution is 5.23. The average Bonchev–Trinajstić information content (AvgIpc) is 2.21. The Bertz CT molecular complexity index is 431. The second kappa shape index (κ2) is 4.16. The van der Waals surface area contributed by atoms with E-state index in [0.717, 1.165) is 0 Å². The van der Waals surface area contributed by atoms with Crippen molar-refractivity contribution in [2.75, 3.05) is 6.67 Å².